The third-order valence-corrected chi connectivity index (χ3v) is 5.38. The van der Waals surface area contributed by atoms with Gasteiger partial charge in [-0.3, -0.25) is 14.2 Å². The number of hydrogen-bond acceptors (Lipinski definition) is 5. The number of nitrogens with zero attached hydrogens (tertiary/aromatic N) is 5. The van der Waals surface area contributed by atoms with E-state index in [0.29, 0.717) is 11.0 Å². The number of benzene rings is 1. The molecule has 1 aromatic carbocycles. The Labute approximate surface area is 182 Å². The minimum absolute atomic E-state index is 0.143. The largest absolute Gasteiger partial charge is 0.372 e. The third-order valence-electron chi connectivity index (χ3n) is 5.38. The van der Waals surface area contributed by atoms with Crippen molar-refractivity contribution in [3.8, 4) is 0 Å². The summed E-state index contributed by atoms with van der Waals surface area (Å²) in [5, 5.41) is 7.73. The first-order valence-corrected chi connectivity index (χ1v) is 10.7. The fourth-order valence-electron chi connectivity index (χ4n) is 3.61. The molecule has 0 saturated carbocycles. The van der Waals surface area contributed by atoms with Crippen molar-refractivity contribution < 1.29 is 4.79 Å². The number of aryl methyl sites for hydroxylation is 2. The quantitative estimate of drug-likeness (QED) is 0.627. The number of rotatable bonds is 7. The summed E-state index contributed by atoms with van der Waals surface area (Å²) in [7, 11) is 0. The minimum atomic E-state index is -0.272. The maximum absolute atomic E-state index is 12.8. The van der Waals surface area contributed by atoms with Crippen LogP contribution in [0.5, 0.6) is 0 Å². The Hall–Kier alpha value is -3.16. The Morgan fingerprint density at radius 2 is 1.90 bits per heavy atom. The van der Waals surface area contributed by atoms with E-state index >= 15 is 0 Å². The van der Waals surface area contributed by atoms with E-state index in [4.69, 9.17) is 0 Å². The van der Waals surface area contributed by atoms with E-state index in [2.05, 4.69) is 40.2 Å². The van der Waals surface area contributed by atoms with Gasteiger partial charge in [-0.25, -0.2) is 9.67 Å². The first kappa shape index (κ1) is 22.5. The molecule has 2 aromatic heterocycles. The molecule has 0 aliphatic carbocycles. The van der Waals surface area contributed by atoms with Crippen molar-refractivity contribution in [1.29, 1.82) is 0 Å². The van der Waals surface area contributed by atoms with Crippen molar-refractivity contribution >= 4 is 28.3 Å². The predicted octanol–water partition coefficient (Wildman–Crippen LogP) is 3.53. The van der Waals surface area contributed by atoms with Crippen LogP contribution in [0.25, 0.3) is 11.0 Å². The van der Waals surface area contributed by atoms with Crippen LogP contribution >= 0.6 is 0 Å². The summed E-state index contributed by atoms with van der Waals surface area (Å²) in [4.78, 5) is 32.0. The number of fused-ring (bicyclic) bond motifs is 1. The van der Waals surface area contributed by atoms with Crippen LogP contribution in [0.2, 0.25) is 0 Å². The van der Waals surface area contributed by atoms with E-state index in [1.807, 2.05) is 39.8 Å². The molecule has 2 heterocycles. The van der Waals surface area contributed by atoms with E-state index in [1.54, 1.807) is 10.9 Å². The van der Waals surface area contributed by atoms with Crippen LogP contribution in [0.1, 0.15) is 46.6 Å². The lowest BCUT2D eigenvalue weighted by molar-refractivity contribution is -0.116. The molecule has 3 rings (SSSR count). The maximum atomic E-state index is 12.8. The minimum Gasteiger partial charge on any atom is -0.372 e. The van der Waals surface area contributed by atoms with Gasteiger partial charge in [0.2, 0.25) is 5.91 Å². The van der Waals surface area contributed by atoms with Gasteiger partial charge in [0.1, 0.15) is 5.39 Å². The smallest absolute Gasteiger partial charge is 0.264 e. The summed E-state index contributed by atoms with van der Waals surface area (Å²) in [6, 6.07) is 6.03. The zero-order valence-electron chi connectivity index (χ0n) is 19.3. The molecule has 166 valence electrons. The van der Waals surface area contributed by atoms with Gasteiger partial charge in [-0.1, -0.05) is 0 Å². The van der Waals surface area contributed by atoms with Crippen molar-refractivity contribution in [3.63, 3.8) is 0 Å². The summed E-state index contributed by atoms with van der Waals surface area (Å²) in [5.41, 5.74) is 3.03. The van der Waals surface area contributed by atoms with Crippen molar-refractivity contribution in [2.75, 3.05) is 23.3 Å². The molecule has 0 saturated heterocycles. The van der Waals surface area contributed by atoms with Crippen molar-refractivity contribution in [2.24, 2.45) is 0 Å². The first-order chi connectivity index (χ1) is 14.7. The number of anilines is 2. The van der Waals surface area contributed by atoms with Crippen LogP contribution in [0.15, 0.2) is 35.5 Å². The number of nitrogens with one attached hydrogen (secondary N) is 1. The fraction of sp³-hybridized carbons (Fsp3) is 0.478. The van der Waals surface area contributed by atoms with Gasteiger partial charge >= 0.3 is 0 Å². The first-order valence-electron chi connectivity index (χ1n) is 10.7. The summed E-state index contributed by atoms with van der Waals surface area (Å²) in [6.07, 6.45) is 3.22. The molecule has 8 nitrogen and oxygen atoms in total. The van der Waals surface area contributed by atoms with E-state index in [0.717, 1.165) is 30.0 Å². The van der Waals surface area contributed by atoms with Crippen LogP contribution < -0.4 is 15.8 Å². The SMILES string of the molecule is CCN(CC)c1ccc(NC(=O)CCn2cnc3c(cnn3C(C)(C)C)c2=O)c(C)c1. The zero-order valence-corrected chi connectivity index (χ0v) is 19.3. The molecule has 0 radical (unpaired) electrons. The highest BCUT2D eigenvalue weighted by Gasteiger charge is 2.20. The van der Waals surface area contributed by atoms with E-state index < -0.39 is 0 Å². The Balaban J connectivity index is 1.69. The standard InChI is InChI=1S/C23H32N6O2/c1-7-27(8-2)17-9-10-19(16(3)13-17)26-20(30)11-12-28-15-24-21-18(22(28)31)14-25-29(21)23(4,5)6/h9-10,13-15H,7-8,11-12H2,1-6H3,(H,26,30). The number of hydrogen-bond donors (Lipinski definition) is 1. The van der Waals surface area contributed by atoms with E-state index in [9.17, 15) is 9.59 Å². The summed E-state index contributed by atoms with van der Waals surface area (Å²) in [6.45, 7) is 14.4. The highest BCUT2D eigenvalue weighted by molar-refractivity contribution is 5.91. The normalized spacial score (nSPS) is 11.7. The Kier molecular flexibility index (Phi) is 6.48. The van der Waals surface area contributed by atoms with Crippen molar-refractivity contribution in [3.05, 3.63) is 46.6 Å². The number of aromatic nitrogens is 4. The van der Waals surface area contributed by atoms with Gasteiger partial charge in [-0.2, -0.15) is 5.10 Å². The lowest BCUT2D eigenvalue weighted by atomic mass is 10.1. The Morgan fingerprint density at radius 1 is 1.19 bits per heavy atom. The van der Waals surface area contributed by atoms with Gasteiger partial charge in [-0.05, 0) is 65.3 Å². The van der Waals surface area contributed by atoms with Crippen LogP contribution in [-0.2, 0) is 16.9 Å². The van der Waals surface area contributed by atoms with Crippen LogP contribution in [0.3, 0.4) is 0 Å². The van der Waals surface area contributed by atoms with Crippen molar-refractivity contribution in [2.45, 2.75) is 60.0 Å². The number of carbonyl (C=O) groups excluding carboxylic acids is 1. The lowest BCUT2D eigenvalue weighted by Crippen LogP contribution is -2.26. The van der Waals surface area contributed by atoms with Gasteiger partial charge in [0.15, 0.2) is 5.65 Å². The predicted molar refractivity (Wildman–Crippen MR) is 125 cm³/mol. The maximum Gasteiger partial charge on any atom is 0.264 e. The fourth-order valence-corrected chi connectivity index (χ4v) is 3.61. The molecule has 0 spiro atoms. The number of amides is 1. The summed E-state index contributed by atoms with van der Waals surface area (Å²) < 4.78 is 3.21. The number of carbonyl (C=O) groups is 1. The van der Waals surface area contributed by atoms with Gasteiger partial charge < -0.3 is 10.2 Å². The molecule has 1 N–H and O–H groups in total. The average molecular weight is 425 g/mol. The molecule has 0 fully saturated rings. The topological polar surface area (TPSA) is 85.1 Å². The molecule has 1 amide bonds. The van der Waals surface area contributed by atoms with E-state index in [-0.39, 0.29) is 30.0 Å². The Bertz CT molecular complexity index is 1140. The van der Waals surface area contributed by atoms with E-state index in [1.165, 1.54) is 10.9 Å². The molecule has 0 aliphatic heterocycles. The molecular formula is C23H32N6O2. The second-order valence-electron chi connectivity index (χ2n) is 8.68. The molecule has 0 unspecified atom stereocenters. The zero-order chi connectivity index (χ0) is 22.8. The van der Waals surface area contributed by atoms with Crippen LogP contribution in [-0.4, -0.2) is 38.3 Å². The monoisotopic (exact) mass is 424 g/mol. The van der Waals surface area contributed by atoms with Crippen LogP contribution in [0, 0.1) is 6.92 Å². The molecule has 0 aliphatic rings. The average Bonchev–Trinajstić information content (AvgIpc) is 3.16. The van der Waals surface area contributed by atoms with Crippen LogP contribution in [0.4, 0.5) is 11.4 Å². The molecule has 3 aromatic rings. The van der Waals surface area contributed by atoms with Gasteiger partial charge in [0, 0.05) is 37.4 Å². The second-order valence-corrected chi connectivity index (χ2v) is 8.68. The summed E-state index contributed by atoms with van der Waals surface area (Å²) in [5.74, 6) is -0.143. The van der Waals surface area contributed by atoms with Gasteiger partial charge in [-0.15, -0.1) is 0 Å². The summed E-state index contributed by atoms with van der Waals surface area (Å²) >= 11 is 0. The molecular weight excluding hydrogens is 392 g/mol. The van der Waals surface area contributed by atoms with Gasteiger partial charge in [0.05, 0.1) is 18.1 Å². The third kappa shape index (κ3) is 4.78. The second kappa shape index (κ2) is 8.91. The molecule has 31 heavy (non-hydrogen) atoms. The molecule has 0 atom stereocenters. The highest BCUT2D eigenvalue weighted by Crippen LogP contribution is 2.23. The lowest BCUT2D eigenvalue weighted by Gasteiger charge is -2.22. The Morgan fingerprint density at radius 3 is 2.52 bits per heavy atom. The molecule has 8 heteroatoms. The van der Waals surface area contributed by atoms with Gasteiger partial charge in [0.25, 0.3) is 5.56 Å². The van der Waals surface area contributed by atoms with Crippen molar-refractivity contribution in [1.82, 2.24) is 19.3 Å². The highest BCUT2D eigenvalue weighted by atomic mass is 16.2. The molecule has 0 bridgehead atoms.